The summed E-state index contributed by atoms with van der Waals surface area (Å²) >= 11 is 0. The van der Waals surface area contributed by atoms with Crippen molar-refractivity contribution in [2.75, 3.05) is 6.26 Å². The Bertz CT molecular complexity index is 302. The van der Waals surface area contributed by atoms with E-state index in [4.69, 9.17) is 0 Å². The van der Waals surface area contributed by atoms with E-state index in [9.17, 15) is 8.42 Å². The fourth-order valence-electron chi connectivity index (χ4n) is 1.53. The zero-order valence-electron chi connectivity index (χ0n) is 9.43. The average molecular weight is 204 g/mol. The molecule has 0 aromatic carbocycles. The van der Waals surface area contributed by atoms with Crippen LogP contribution >= 0.6 is 0 Å². The van der Waals surface area contributed by atoms with Gasteiger partial charge >= 0.3 is 0 Å². The molecule has 0 saturated heterocycles. The van der Waals surface area contributed by atoms with Gasteiger partial charge in [0.05, 0.1) is 0 Å². The van der Waals surface area contributed by atoms with E-state index in [0.29, 0.717) is 4.91 Å². The van der Waals surface area contributed by atoms with Gasteiger partial charge in [-0.3, -0.25) is 0 Å². The molecule has 0 N–H and O–H groups in total. The van der Waals surface area contributed by atoms with E-state index in [2.05, 4.69) is 0 Å². The predicted octanol–water partition coefficient (Wildman–Crippen LogP) is 2.76. The standard InChI is InChI=1S/C10H20O2S/c1-7-9(10(3,4)5)8(2)13(6,11)12/h7H2,1-6H3/b9-8-. The minimum absolute atomic E-state index is 0.0537. The van der Waals surface area contributed by atoms with Crippen molar-refractivity contribution in [2.24, 2.45) is 5.41 Å². The molecule has 0 saturated carbocycles. The lowest BCUT2D eigenvalue weighted by molar-refractivity contribution is 0.484. The van der Waals surface area contributed by atoms with E-state index in [1.165, 1.54) is 6.26 Å². The summed E-state index contributed by atoms with van der Waals surface area (Å²) in [6.45, 7) is 9.82. The van der Waals surface area contributed by atoms with E-state index in [0.717, 1.165) is 12.0 Å². The molecular formula is C10H20O2S. The van der Waals surface area contributed by atoms with Gasteiger partial charge in [-0.15, -0.1) is 0 Å². The SMILES string of the molecule is CC/C(=C(\C)S(C)(=O)=O)C(C)(C)C. The second kappa shape index (κ2) is 3.82. The summed E-state index contributed by atoms with van der Waals surface area (Å²) in [4.78, 5) is 0.530. The van der Waals surface area contributed by atoms with Crippen molar-refractivity contribution < 1.29 is 8.42 Å². The third kappa shape index (κ3) is 3.51. The molecule has 0 atom stereocenters. The molecule has 3 heteroatoms. The van der Waals surface area contributed by atoms with Crippen molar-refractivity contribution in [1.29, 1.82) is 0 Å². The highest BCUT2D eigenvalue weighted by molar-refractivity contribution is 7.94. The molecule has 0 amide bonds. The van der Waals surface area contributed by atoms with Crippen LogP contribution in [0.3, 0.4) is 0 Å². The van der Waals surface area contributed by atoms with Gasteiger partial charge in [0.2, 0.25) is 0 Å². The fourth-order valence-corrected chi connectivity index (χ4v) is 2.43. The average Bonchev–Trinajstić information content (AvgIpc) is 1.83. The van der Waals surface area contributed by atoms with E-state index in [1.54, 1.807) is 6.92 Å². The van der Waals surface area contributed by atoms with Crippen LogP contribution in [0.15, 0.2) is 10.5 Å². The summed E-state index contributed by atoms with van der Waals surface area (Å²) in [6.07, 6.45) is 2.06. The van der Waals surface area contributed by atoms with E-state index in [1.807, 2.05) is 27.7 Å². The van der Waals surface area contributed by atoms with Crippen molar-refractivity contribution in [3.8, 4) is 0 Å². The fraction of sp³-hybridized carbons (Fsp3) is 0.800. The first kappa shape index (κ1) is 12.7. The van der Waals surface area contributed by atoms with Gasteiger partial charge in [-0.25, -0.2) is 8.42 Å². The van der Waals surface area contributed by atoms with Gasteiger partial charge in [0.1, 0.15) is 0 Å². The quantitative estimate of drug-likeness (QED) is 0.693. The van der Waals surface area contributed by atoms with Gasteiger partial charge in [0, 0.05) is 11.2 Å². The van der Waals surface area contributed by atoms with E-state index in [-0.39, 0.29) is 5.41 Å². The van der Waals surface area contributed by atoms with Crippen LogP contribution in [0.4, 0.5) is 0 Å². The van der Waals surface area contributed by atoms with Crippen LogP contribution in [0.5, 0.6) is 0 Å². The lowest BCUT2D eigenvalue weighted by atomic mass is 9.85. The summed E-state index contributed by atoms with van der Waals surface area (Å²) in [5.41, 5.74) is 0.969. The van der Waals surface area contributed by atoms with Gasteiger partial charge in [-0.05, 0) is 18.8 Å². The van der Waals surface area contributed by atoms with Crippen molar-refractivity contribution >= 4 is 9.84 Å². The van der Waals surface area contributed by atoms with Crippen molar-refractivity contribution in [1.82, 2.24) is 0 Å². The third-order valence-corrected chi connectivity index (χ3v) is 3.60. The Hall–Kier alpha value is -0.310. The molecule has 2 nitrogen and oxygen atoms in total. The first-order valence-electron chi connectivity index (χ1n) is 4.51. The maximum atomic E-state index is 11.3. The van der Waals surface area contributed by atoms with Crippen LogP contribution in [0.25, 0.3) is 0 Å². The van der Waals surface area contributed by atoms with Gasteiger partial charge in [0.25, 0.3) is 0 Å². The first-order chi connectivity index (χ1) is 5.60. The van der Waals surface area contributed by atoms with Crippen molar-refractivity contribution in [3.05, 3.63) is 10.5 Å². The number of allylic oxidation sites excluding steroid dienone is 2. The Labute approximate surface area is 82.0 Å². The monoisotopic (exact) mass is 204 g/mol. The lowest BCUT2D eigenvalue weighted by Crippen LogP contribution is -2.14. The van der Waals surface area contributed by atoms with Gasteiger partial charge in [-0.2, -0.15) is 0 Å². The van der Waals surface area contributed by atoms with Gasteiger partial charge in [0.15, 0.2) is 9.84 Å². The minimum Gasteiger partial charge on any atom is -0.224 e. The zero-order chi connectivity index (χ0) is 10.9. The summed E-state index contributed by atoms with van der Waals surface area (Å²) in [6, 6.07) is 0. The molecule has 0 aliphatic heterocycles. The Morgan fingerprint density at radius 1 is 1.23 bits per heavy atom. The van der Waals surface area contributed by atoms with Gasteiger partial charge in [-0.1, -0.05) is 33.3 Å². The minimum atomic E-state index is -3.02. The second-order valence-electron chi connectivity index (χ2n) is 4.41. The predicted molar refractivity (Wildman–Crippen MR) is 57.3 cm³/mol. The molecule has 0 aliphatic carbocycles. The molecular weight excluding hydrogens is 184 g/mol. The molecule has 0 spiro atoms. The highest BCUT2D eigenvalue weighted by Gasteiger charge is 2.21. The molecule has 78 valence electrons. The van der Waals surface area contributed by atoms with Crippen molar-refractivity contribution in [3.63, 3.8) is 0 Å². The molecule has 0 unspecified atom stereocenters. The Kier molecular flexibility index (Phi) is 3.73. The Morgan fingerprint density at radius 2 is 1.62 bits per heavy atom. The topological polar surface area (TPSA) is 34.1 Å². The van der Waals surface area contributed by atoms with Gasteiger partial charge < -0.3 is 0 Å². The highest BCUT2D eigenvalue weighted by atomic mass is 32.2. The van der Waals surface area contributed by atoms with E-state index < -0.39 is 9.84 Å². The maximum absolute atomic E-state index is 11.3. The number of hydrogen-bond donors (Lipinski definition) is 0. The molecule has 0 aromatic heterocycles. The lowest BCUT2D eigenvalue weighted by Gasteiger charge is -2.24. The van der Waals surface area contributed by atoms with Crippen LogP contribution in [0.2, 0.25) is 0 Å². The molecule has 0 aliphatic rings. The maximum Gasteiger partial charge on any atom is 0.171 e. The molecule has 0 rings (SSSR count). The van der Waals surface area contributed by atoms with Crippen molar-refractivity contribution in [2.45, 2.75) is 41.0 Å². The molecule has 0 aromatic rings. The molecule has 0 bridgehead atoms. The Balaban J connectivity index is 5.42. The summed E-state index contributed by atoms with van der Waals surface area (Å²) in [7, 11) is -3.02. The largest absolute Gasteiger partial charge is 0.224 e. The van der Waals surface area contributed by atoms with Crippen LogP contribution in [-0.4, -0.2) is 14.7 Å². The molecule has 0 heterocycles. The van der Waals surface area contributed by atoms with E-state index >= 15 is 0 Å². The first-order valence-corrected chi connectivity index (χ1v) is 6.40. The number of sulfone groups is 1. The summed E-state index contributed by atoms with van der Waals surface area (Å²) in [5.74, 6) is 0. The number of rotatable bonds is 2. The third-order valence-electron chi connectivity index (χ3n) is 2.24. The van der Waals surface area contributed by atoms with Crippen LogP contribution < -0.4 is 0 Å². The summed E-state index contributed by atoms with van der Waals surface area (Å²) in [5, 5.41) is 0. The smallest absolute Gasteiger partial charge is 0.171 e. The summed E-state index contributed by atoms with van der Waals surface area (Å²) < 4.78 is 22.6. The van der Waals surface area contributed by atoms with Crippen LogP contribution in [-0.2, 0) is 9.84 Å². The zero-order valence-corrected chi connectivity index (χ0v) is 10.2. The number of hydrogen-bond acceptors (Lipinski definition) is 2. The Morgan fingerprint density at radius 3 is 1.69 bits per heavy atom. The highest BCUT2D eigenvalue weighted by Crippen LogP contribution is 2.31. The van der Waals surface area contributed by atoms with Crippen LogP contribution in [0, 0.1) is 5.41 Å². The van der Waals surface area contributed by atoms with Crippen LogP contribution in [0.1, 0.15) is 41.0 Å². The molecule has 0 radical (unpaired) electrons. The molecule has 0 fully saturated rings. The second-order valence-corrected chi connectivity index (χ2v) is 6.57. The molecule has 13 heavy (non-hydrogen) atoms. The normalized spacial score (nSPS) is 15.5.